The van der Waals surface area contributed by atoms with Gasteiger partial charge in [0, 0.05) is 11.1 Å². The predicted octanol–water partition coefficient (Wildman–Crippen LogP) is 4.20. The Kier molecular flexibility index (Phi) is 5.31. The highest BCUT2D eigenvalue weighted by Crippen LogP contribution is 2.19. The molecule has 0 saturated carbocycles. The molecule has 0 radical (unpaired) electrons. The summed E-state index contributed by atoms with van der Waals surface area (Å²) in [6, 6.07) is 13.0. The number of carbonyl (C=O) groups excluding carboxylic acids is 2. The van der Waals surface area contributed by atoms with E-state index in [1.165, 1.54) is 5.01 Å². The van der Waals surface area contributed by atoms with Crippen LogP contribution >= 0.6 is 0 Å². The number of nitrogens with one attached hydrogen (secondary N) is 1. The summed E-state index contributed by atoms with van der Waals surface area (Å²) in [5.74, 6) is -0.498. The van der Waals surface area contributed by atoms with Crippen LogP contribution in [0.5, 0.6) is 0 Å². The van der Waals surface area contributed by atoms with E-state index >= 15 is 0 Å². The zero-order valence-corrected chi connectivity index (χ0v) is 15.8. The first-order valence-electron chi connectivity index (χ1n) is 8.40. The Bertz CT molecular complexity index is 804. The highest BCUT2D eigenvalue weighted by molar-refractivity contribution is 6.00. The minimum absolute atomic E-state index is 0.218. The minimum Gasteiger partial charge on any atom is -0.267 e. The van der Waals surface area contributed by atoms with Crippen molar-refractivity contribution in [2.45, 2.75) is 47.1 Å². The van der Waals surface area contributed by atoms with Crippen LogP contribution in [-0.4, -0.2) is 22.4 Å². The number of nitrogens with zero attached hydrogens (tertiary/aromatic N) is 1. The normalized spacial score (nSPS) is 11.1. The molecule has 25 heavy (non-hydrogen) atoms. The molecule has 2 rings (SSSR count). The lowest BCUT2D eigenvalue weighted by Gasteiger charge is -2.36. The van der Waals surface area contributed by atoms with E-state index in [0.717, 1.165) is 16.7 Å². The van der Waals surface area contributed by atoms with Gasteiger partial charge in [0.2, 0.25) is 0 Å². The zero-order chi connectivity index (χ0) is 18.8. The van der Waals surface area contributed by atoms with E-state index in [-0.39, 0.29) is 11.8 Å². The van der Waals surface area contributed by atoms with Crippen molar-refractivity contribution < 1.29 is 9.59 Å². The van der Waals surface area contributed by atoms with Crippen LogP contribution in [0.1, 0.15) is 58.2 Å². The molecule has 132 valence electrons. The van der Waals surface area contributed by atoms with Crippen molar-refractivity contribution in [1.29, 1.82) is 0 Å². The Morgan fingerprint density at radius 3 is 2.00 bits per heavy atom. The van der Waals surface area contributed by atoms with Crippen LogP contribution in [-0.2, 0) is 0 Å². The zero-order valence-electron chi connectivity index (χ0n) is 15.8. The van der Waals surface area contributed by atoms with Crippen LogP contribution in [0.25, 0.3) is 0 Å². The van der Waals surface area contributed by atoms with E-state index in [0.29, 0.717) is 11.1 Å². The number of rotatable bonds is 2. The first kappa shape index (κ1) is 18.7. The number of carbonyl (C=O) groups is 2. The lowest BCUT2D eigenvalue weighted by Crippen LogP contribution is -2.56. The second-order valence-corrected chi connectivity index (χ2v) is 7.31. The summed E-state index contributed by atoms with van der Waals surface area (Å²) in [5.41, 5.74) is 6.24. The second kappa shape index (κ2) is 7.09. The monoisotopic (exact) mass is 338 g/mol. The molecule has 0 atom stereocenters. The highest BCUT2D eigenvalue weighted by Gasteiger charge is 2.30. The van der Waals surface area contributed by atoms with E-state index in [9.17, 15) is 9.59 Å². The molecule has 0 aliphatic carbocycles. The molecule has 0 fully saturated rings. The van der Waals surface area contributed by atoms with Crippen molar-refractivity contribution in [2.24, 2.45) is 0 Å². The van der Waals surface area contributed by atoms with Gasteiger partial charge in [0.15, 0.2) is 0 Å². The number of hydrogen-bond donors (Lipinski definition) is 1. The number of hydrogen-bond acceptors (Lipinski definition) is 2. The first-order valence-corrected chi connectivity index (χ1v) is 8.40. The summed E-state index contributed by atoms with van der Waals surface area (Å²) < 4.78 is 0. The summed E-state index contributed by atoms with van der Waals surface area (Å²) in [4.78, 5) is 25.8. The van der Waals surface area contributed by atoms with Crippen molar-refractivity contribution in [1.82, 2.24) is 10.4 Å². The third-order valence-electron chi connectivity index (χ3n) is 4.31. The van der Waals surface area contributed by atoms with Crippen molar-refractivity contribution in [3.63, 3.8) is 0 Å². The molecule has 2 amide bonds. The molecule has 0 aliphatic rings. The fraction of sp³-hybridized carbons (Fsp3) is 0.333. The largest absolute Gasteiger partial charge is 0.273 e. The van der Waals surface area contributed by atoms with Gasteiger partial charge in [-0.3, -0.25) is 15.0 Å². The molecule has 2 aromatic carbocycles. The average Bonchev–Trinajstić information content (AvgIpc) is 2.53. The molecule has 0 saturated heterocycles. The van der Waals surface area contributed by atoms with E-state index in [4.69, 9.17) is 0 Å². The van der Waals surface area contributed by atoms with E-state index in [1.807, 2.05) is 71.9 Å². The quantitative estimate of drug-likeness (QED) is 0.835. The van der Waals surface area contributed by atoms with Crippen LogP contribution < -0.4 is 5.43 Å². The summed E-state index contributed by atoms with van der Waals surface area (Å²) in [6.45, 7) is 11.5. The molecule has 0 heterocycles. The number of amides is 2. The van der Waals surface area contributed by atoms with Gasteiger partial charge in [-0.25, -0.2) is 5.01 Å². The third-order valence-corrected chi connectivity index (χ3v) is 4.31. The highest BCUT2D eigenvalue weighted by atomic mass is 16.2. The van der Waals surface area contributed by atoms with Gasteiger partial charge < -0.3 is 0 Å². The Morgan fingerprint density at radius 1 is 0.840 bits per heavy atom. The van der Waals surface area contributed by atoms with Crippen LogP contribution in [0, 0.1) is 20.8 Å². The molecule has 1 N–H and O–H groups in total. The van der Waals surface area contributed by atoms with Gasteiger partial charge in [0.25, 0.3) is 11.8 Å². The molecule has 2 aromatic rings. The van der Waals surface area contributed by atoms with Gasteiger partial charge in [0.05, 0.1) is 5.54 Å². The fourth-order valence-electron chi connectivity index (χ4n) is 2.62. The summed E-state index contributed by atoms with van der Waals surface area (Å²) in [6.07, 6.45) is 0. The molecular formula is C21H26N2O2. The molecule has 4 heteroatoms. The lowest BCUT2D eigenvalue weighted by atomic mass is 10.0. The molecule has 0 aromatic heterocycles. The van der Waals surface area contributed by atoms with E-state index in [2.05, 4.69) is 5.43 Å². The molecule has 0 aliphatic heterocycles. The number of aryl methyl sites for hydroxylation is 2. The standard InChI is InChI=1S/C21H26N2O2/c1-14-11-9-13-18(16(14)3)19(24)22-23(21(4,5)6)20(25)17-12-8-7-10-15(17)2/h7-13H,1-6H3,(H,22,24). The summed E-state index contributed by atoms with van der Waals surface area (Å²) in [7, 11) is 0. The van der Waals surface area contributed by atoms with Crippen LogP contribution in [0.3, 0.4) is 0 Å². The minimum atomic E-state index is -0.563. The maximum atomic E-state index is 13.0. The van der Waals surface area contributed by atoms with Gasteiger partial charge in [0.1, 0.15) is 0 Å². The number of benzene rings is 2. The van der Waals surface area contributed by atoms with E-state index < -0.39 is 5.54 Å². The molecule has 0 bridgehead atoms. The Hall–Kier alpha value is -2.62. The molecule has 0 unspecified atom stereocenters. The van der Waals surface area contributed by atoms with Crippen LogP contribution in [0.4, 0.5) is 0 Å². The SMILES string of the molecule is Cc1ccccc1C(=O)N(NC(=O)c1cccc(C)c1C)C(C)(C)C. The van der Waals surface area contributed by atoms with E-state index in [1.54, 1.807) is 12.1 Å². The van der Waals surface area contributed by atoms with Crippen molar-refractivity contribution in [2.75, 3.05) is 0 Å². The lowest BCUT2D eigenvalue weighted by molar-refractivity contribution is 0.0357. The van der Waals surface area contributed by atoms with Crippen molar-refractivity contribution >= 4 is 11.8 Å². The van der Waals surface area contributed by atoms with Gasteiger partial charge in [-0.1, -0.05) is 30.3 Å². The maximum absolute atomic E-state index is 13.0. The molecular weight excluding hydrogens is 312 g/mol. The van der Waals surface area contributed by atoms with Gasteiger partial charge >= 0.3 is 0 Å². The average molecular weight is 338 g/mol. The first-order chi connectivity index (χ1) is 11.6. The summed E-state index contributed by atoms with van der Waals surface area (Å²) in [5, 5.41) is 1.42. The van der Waals surface area contributed by atoms with Gasteiger partial charge in [-0.05, 0) is 70.4 Å². The second-order valence-electron chi connectivity index (χ2n) is 7.31. The third kappa shape index (κ3) is 4.08. The maximum Gasteiger partial charge on any atom is 0.273 e. The van der Waals surface area contributed by atoms with Crippen molar-refractivity contribution in [3.8, 4) is 0 Å². The Morgan fingerprint density at radius 2 is 1.40 bits per heavy atom. The van der Waals surface area contributed by atoms with Crippen LogP contribution in [0.2, 0.25) is 0 Å². The summed E-state index contributed by atoms with van der Waals surface area (Å²) >= 11 is 0. The van der Waals surface area contributed by atoms with Crippen LogP contribution in [0.15, 0.2) is 42.5 Å². The topological polar surface area (TPSA) is 49.4 Å². The smallest absolute Gasteiger partial charge is 0.267 e. The molecule has 4 nitrogen and oxygen atoms in total. The fourth-order valence-corrected chi connectivity index (χ4v) is 2.62. The van der Waals surface area contributed by atoms with Gasteiger partial charge in [-0.2, -0.15) is 0 Å². The molecule has 0 spiro atoms. The number of hydrazine groups is 1. The Labute approximate surface area is 149 Å². The Balaban J connectivity index is 2.36. The predicted molar refractivity (Wildman–Crippen MR) is 100 cm³/mol. The van der Waals surface area contributed by atoms with Crippen molar-refractivity contribution in [3.05, 3.63) is 70.3 Å². The van der Waals surface area contributed by atoms with Gasteiger partial charge in [-0.15, -0.1) is 0 Å².